The number of aromatic carboxylic acids is 1. The van der Waals surface area contributed by atoms with Gasteiger partial charge in [0.15, 0.2) is 17.1 Å². The molecule has 8 heteroatoms. The first-order valence-electron chi connectivity index (χ1n) is 8.81. The molecule has 1 fully saturated rings. The molecule has 0 spiro atoms. The molecule has 0 unspecified atom stereocenters. The Kier molecular flexibility index (Phi) is 4.85. The highest BCUT2D eigenvalue weighted by Gasteiger charge is 2.30. The van der Waals surface area contributed by atoms with E-state index in [0.29, 0.717) is 22.3 Å². The Balaban J connectivity index is 1.52. The number of carboxylic acid groups (broad SMARTS) is 1. The van der Waals surface area contributed by atoms with E-state index in [1.54, 1.807) is 30.5 Å². The first kappa shape index (κ1) is 17.6. The minimum absolute atomic E-state index is 0.102. The van der Waals surface area contributed by atoms with Gasteiger partial charge < -0.3 is 19.1 Å². The molecular formula is C19H19ClN4O3. The van der Waals surface area contributed by atoms with Crippen LogP contribution in [0.5, 0.6) is 0 Å². The standard InChI is InChI=1S/C19H19ClN4O3/c20-15-3-1-14(2-4-15)17-16(19(25)26)18(22-27-17)24-8-5-13(6-9-24)11-23-10-7-21-12-23/h1-4,7,10,12-13H,5-6,8-9,11H2,(H,25,26). The normalized spacial score (nSPS) is 15.2. The Labute approximate surface area is 161 Å². The van der Waals surface area contributed by atoms with Gasteiger partial charge in [0, 0.05) is 42.6 Å². The largest absolute Gasteiger partial charge is 0.477 e. The van der Waals surface area contributed by atoms with Crippen molar-refractivity contribution in [2.75, 3.05) is 18.0 Å². The first-order valence-corrected chi connectivity index (χ1v) is 9.19. The van der Waals surface area contributed by atoms with E-state index in [4.69, 9.17) is 16.1 Å². The number of aromatic nitrogens is 3. The zero-order valence-corrected chi connectivity index (χ0v) is 15.3. The molecule has 7 nitrogen and oxygen atoms in total. The van der Waals surface area contributed by atoms with E-state index < -0.39 is 5.97 Å². The van der Waals surface area contributed by atoms with Crippen molar-refractivity contribution in [3.8, 4) is 11.3 Å². The Bertz CT molecular complexity index is 913. The quantitative estimate of drug-likeness (QED) is 0.717. The van der Waals surface area contributed by atoms with Crippen molar-refractivity contribution >= 4 is 23.4 Å². The van der Waals surface area contributed by atoms with Crippen LogP contribution in [0.25, 0.3) is 11.3 Å². The highest BCUT2D eigenvalue weighted by molar-refractivity contribution is 6.30. The average molecular weight is 387 g/mol. The van der Waals surface area contributed by atoms with Gasteiger partial charge in [-0.2, -0.15) is 0 Å². The second kappa shape index (κ2) is 7.44. The van der Waals surface area contributed by atoms with Crippen LogP contribution in [-0.2, 0) is 6.54 Å². The molecule has 0 aliphatic carbocycles. The second-order valence-electron chi connectivity index (χ2n) is 6.71. The summed E-state index contributed by atoms with van der Waals surface area (Å²) in [5.74, 6) is 0.145. The van der Waals surface area contributed by atoms with Crippen molar-refractivity contribution in [1.82, 2.24) is 14.7 Å². The number of halogens is 1. The smallest absolute Gasteiger partial charge is 0.343 e. The highest BCUT2D eigenvalue weighted by Crippen LogP contribution is 2.34. The van der Waals surface area contributed by atoms with Gasteiger partial charge in [-0.3, -0.25) is 0 Å². The van der Waals surface area contributed by atoms with Crippen LogP contribution < -0.4 is 4.90 Å². The van der Waals surface area contributed by atoms with Crippen LogP contribution in [0, 0.1) is 5.92 Å². The van der Waals surface area contributed by atoms with Gasteiger partial charge >= 0.3 is 5.97 Å². The molecule has 27 heavy (non-hydrogen) atoms. The summed E-state index contributed by atoms with van der Waals surface area (Å²) in [7, 11) is 0. The van der Waals surface area contributed by atoms with Gasteiger partial charge in [0.05, 0.1) is 6.33 Å². The lowest BCUT2D eigenvalue weighted by Crippen LogP contribution is -2.36. The van der Waals surface area contributed by atoms with Crippen molar-refractivity contribution in [3.63, 3.8) is 0 Å². The summed E-state index contributed by atoms with van der Waals surface area (Å²) < 4.78 is 7.50. The van der Waals surface area contributed by atoms with E-state index in [-0.39, 0.29) is 11.3 Å². The number of rotatable bonds is 5. The Hall–Kier alpha value is -2.80. The summed E-state index contributed by atoms with van der Waals surface area (Å²) in [6.07, 6.45) is 7.48. The number of carboxylic acids is 1. The van der Waals surface area contributed by atoms with E-state index in [1.165, 1.54) is 0 Å². The predicted molar refractivity (Wildman–Crippen MR) is 101 cm³/mol. The number of nitrogens with zero attached hydrogens (tertiary/aromatic N) is 4. The molecule has 4 rings (SSSR count). The van der Waals surface area contributed by atoms with E-state index in [2.05, 4.69) is 14.7 Å². The Morgan fingerprint density at radius 3 is 2.63 bits per heavy atom. The summed E-state index contributed by atoms with van der Waals surface area (Å²) >= 11 is 5.92. The number of carbonyl (C=O) groups is 1. The van der Waals surface area contributed by atoms with Gasteiger partial charge in [-0.05, 0) is 43.0 Å². The number of piperidine rings is 1. The number of imidazole rings is 1. The number of anilines is 1. The summed E-state index contributed by atoms with van der Waals surface area (Å²) in [4.78, 5) is 18.0. The molecule has 1 aliphatic heterocycles. The summed E-state index contributed by atoms with van der Waals surface area (Å²) in [6, 6.07) is 6.87. The second-order valence-corrected chi connectivity index (χ2v) is 7.15. The van der Waals surface area contributed by atoms with Gasteiger partial charge in [-0.1, -0.05) is 16.8 Å². The zero-order valence-electron chi connectivity index (χ0n) is 14.6. The van der Waals surface area contributed by atoms with Gasteiger partial charge in [0.2, 0.25) is 0 Å². The van der Waals surface area contributed by atoms with Crippen LogP contribution in [0.2, 0.25) is 5.02 Å². The van der Waals surface area contributed by atoms with Crippen molar-refractivity contribution in [2.45, 2.75) is 19.4 Å². The molecule has 0 radical (unpaired) electrons. The third-order valence-corrected chi connectivity index (χ3v) is 5.19. The van der Waals surface area contributed by atoms with Gasteiger partial charge in [0.1, 0.15) is 0 Å². The predicted octanol–water partition coefficient (Wildman–Crippen LogP) is 3.81. The maximum absolute atomic E-state index is 11.9. The molecule has 140 valence electrons. The fourth-order valence-corrected chi connectivity index (χ4v) is 3.63. The molecular weight excluding hydrogens is 368 g/mol. The maximum atomic E-state index is 11.9. The van der Waals surface area contributed by atoms with Crippen LogP contribution in [0.3, 0.4) is 0 Å². The molecule has 0 saturated carbocycles. The third-order valence-electron chi connectivity index (χ3n) is 4.94. The Morgan fingerprint density at radius 1 is 1.26 bits per heavy atom. The number of hydrogen-bond acceptors (Lipinski definition) is 5. The van der Waals surface area contributed by atoms with Crippen LogP contribution >= 0.6 is 11.6 Å². The fraction of sp³-hybridized carbons (Fsp3) is 0.316. The van der Waals surface area contributed by atoms with Crippen molar-refractivity contribution in [1.29, 1.82) is 0 Å². The van der Waals surface area contributed by atoms with E-state index in [0.717, 1.165) is 32.5 Å². The summed E-state index contributed by atoms with van der Waals surface area (Å²) in [5, 5.41) is 14.4. The van der Waals surface area contributed by atoms with E-state index in [9.17, 15) is 9.90 Å². The molecule has 3 aromatic rings. The molecule has 3 heterocycles. The molecule has 0 atom stereocenters. The molecule has 1 aromatic carbocycles. The van der Waals surface area contributed by atoms with Crippen LogP contribution in [0.4, 0.5) is 5.82 Å². The minimum Gasteiger partial charge on any atom is -0.477 e. The molecule has 0 bridgehead atoms. The van der Waals surface area contributed by atoms with Crippen LogP contribution in [-0.4, -0.2) is 38.9 Å². The van der Waals surface area contributed by atoms with Gasteiger partial charge in [0.25, 0.3) is 0 Å². The van der Waals surface area contributed by atoms with Crippen molar-refractivity contribution in [2.24, 2.45) is 5.92 Å². The van der Waals surface area contributed by atoms with Crippen LogP contribution in [0.1, 0.15) is 23.2 Å². The van der Waals surface area contributed by atoms with Crippen LogP contribution in [0.15, 0.2) is 47.5 Å². The summed E-state index contributed by atoms with van der Waals surface area (Å²) in [6.45, 7) is 2.41. The summed E-state index contributed by atoms with van der Waals surface area (Å²) in [5.41, 5.74) is 0.746. The van der Waals surface area contributed by atoms with Gasteiger partial charge in [-0.15, -0.1) is 0 Å². The molecule has 1 aliphatic rings. The SMILES string of the molecule is O=C(O)c1c(N2CCC(Cn3ccnc3)CC2)noc1-c1ccc(Cl)cc1. The number of benzene rings is 1. The average Bonchev–Trinajstić information content (AvgIpc) is 3.33. The first-order chi connectivity index (χ1) is 13.1. The maximum Gasteiger partial charge on any atom is 0.343 e. The zero-order chi connectivity index (χ0) is 18.8. The topological polar surface area (TPSA) is 84.4 Å². The Morgan fingerprint density at radius 2 is 2.00 bits per heavy atom. The van der Waals surface area contributed by atoms with Crippen molar-refractivity contribution in [3.05, 3.63) is 53.6 Å². The monoisotopic (exact) mass is 386 g/mol. The number of hydrogen-bond donors (Lipinski definition) is 1. The molecule has 2 aromatic heterocycles. The lowest BCUT2D eigenvalue weighted by Gasteiger charge is -2.32. The molecule has 1 saturated heterocycles. The molecule has 0 amide bonds. The minimum atomic E-state index is -1.04. The molecule has 1 N–H and O–H groups in total. The van der Waals surface area contributed by atoms with E-state index >= 15 is 0 Å². The van der Waals surface area contributed by atoms with Crippen molar-refractivity contribution < 1.29 is 14.4 Å². The fourth-order valence-electron chi connectivity index (χ4n) is 3.51. The third kappa shape index (κ3) is 3.68. The lowest BCUT2D eigenvalue weighted by atomic mass is 9.96. The van der Waals surface area contributed by atoms with Gasteiger partial charge in [-0.25, -0.2) is 9.78 Å². The highest BCUT2D eigenvalue weighted by atomic mass is 35.5. The lowest BCUT2D eigenvalue weighted by molar-refractivity contribution is 0.0697. The van der Waals surface area contributed by atoms with E-state index in [1.807, 2.05) is 17.4 Å².